The Morgan fingerprint density at radius 1 is 0.295 bits per heavy atom. The first kappa shape index (κ1) is 69.7. The van der Waals surface area contributed by atoms with Gasteiger partial charge in [0.05, 0.1) is 23.3 Å². The van der Waals surface area contributed by atoms with Crippen molar-refractivity contribution in [2.75, 3.05) is 39.6 Å². The van der Waals surface area contributed by atoms with Crippen molar-refractivity contribution in [1.29, 1.82) is 0 Å². The Labute approximate surface area is 605 Å². The van der Waals surface area contributed by atoms with E-state index in [0.717, 1.165) is 44.5 Å². The van der Waals surface area contributed by atoms with E-state index in [-0.39, 0.29) is 56.9 Å². The first-order valence-electron chi connectivity index (χ1n) is 33.7. The van der Waals surface area contributed by atoms with Crippen LogP contribution in [0.15, 0.2) is 285 Å². The fourth-order valence-electron chi connectivity index (χ4n) is 11.1. The summed E-state index contributed by atoms with van der Waals surface area (Å²) in [5.74, 6) is 6.17. The van der Waals surface area contributed by atoms with Gasteiger partial charge in [0.15, 0.2) is 52.4 Å². The van der Waals surface area contributed by atoms with Gasteiger partial charge in [0.1, 0.15) is 79.0 Å². The Balaban J connectivity index is 0.000000280. The second-order valence-corrected chi connectivity index (χ2v) is 24.1. The normalized spacial score (nSPS) is 11.0. The Bertz CT molecular complexity index is 5060. The Morgan fingerprint density at radius 2 is 0.543 bits per heavy atom. The highest BCUT2D eigenvalue weighted by atomic mass is 16.7. The number of aromatic nitrogens is 9. The molecule has 0 saturated heterocycles. The number of nitrogens with zero attached hydrogens (tertiary/aromatic N) is 9. The van der Waals surface area contributed by atoms with Crippen molar-refractivity contribution in [3.05, 3.63) is 296 Å². The van der Waals surface area contributed by atoms with E-state index in [9.17, 15) is 20.1 Å². The van der Waals surface area contributed by atoms with Crippen molar-refractivity contribution in [2.24, 2.45) is 0 Å². The van der Waals surface area contributed by atoms with E-state index in [1.807, 2.05) is 218 Å². The average Bonchev–Trinajstić information content (AvgIpc) is 0.813. The summed E-state index contributed by atoms with van der Waals surface area (Å²) < 4.78 is 33.8. The minimum atomic E-state index is -0.879. The van der Waals surface area contributed by atoms with Crippen molar-refractivity contribution in [1.82, 2.24) is 44.9 Å². The summed E-state index contributed by atoms with van der Waals surface area (Å²) in [5, 5.41) is 41.6. The van der Waals surface area contributed by atoms with Crippen LogP contribution in [-0.4, -0.2) is 111 Å². The largest absolute Gasteiger partial charge is 0.513 e. The zero-order valence-electron chi connectivity index (χ0n) is 57.0. The van der Waals surface area contributed by atoms with Crippen LogP contribution in [0, 0.1) is 0 Å². The molecule has 11 aromatic carbocycles. The summed E-state index contributed by atoms with van der Waals surface area (Å²) >= 11 is 0. The number of benzene rings is 11. The van der Waals surface area contributed by atoms with Crippen LogP contribution in [0.25, 0.3) is 102 Å². The number of aromatic hydroxyl groups is 3. The molecule has 20 heteroatoms. The van der Waals surface area contributed by atoms with Gasteiger partial charge in [0, 0.05) is 57.0 Å². The van der Waals surface area contributed by atoms with Gasteiger partial charge in [-0.15, -0.1) is 0 Å². The number of aliphatic hydroxyl groups excluding tert-OH is 1. The summed E-state index contributed by atoms with van der Waals surface area (Å²) in [6.07, 6.45) is -0.879. The van der Waals surface area contributed by atoms with Gasteiger partial charge in [-0.1, -0.05) is 220 Å². The number of phenolic OH excluding ortho intramolecular Hbond substituents is 3. The fourth-order valence-corrected chi connectivity index (χ4v) is 11.1. The van der Waals surface area contributed by atoms with E-state index < -0.39 is 11.6 Å². The van der Waals surface area contributed by atoms with Crippen molar-refractivity contribution >= 4 is 6.16 Å². The average molecular weight is 1390 g/mol. The molecule has 0 saturated carbocycles. The minimum absolute atomic E-state index is 0.00957. The molecule has 0 bridgehead atoms. The van der Waals surface area contributed by atoms with Crippen LogP contribution < -0.4 is 23.7 Å². The van der Waals surface area contributed by atoms with Crippen LogP contribution in [0.1, 0.15) is 25.0 Å². The lowest BCUT2D eigenvalue weighted by molar-refractivity contribution is 0.0847. The lowest BCUT2D eigenvalue weighted by Gasteiger charge is -2.26. The smallest absolute Gasteiger partial charge is 0.507 e. The second-order valence-electron chi connectivity index (χ2n) is 24.1. The molecule has 14 aromatic rings. The maximum absolute atomic E-state index is 12.6. The standard InChI is InChI=1S/C62H50N6O8.C23H19N3O3/c1-62(2,45-23-27-47(28-24-45)72-35-36-73-49-31-33-51(53(69)39-49)59-65-55(41-15-7-3-8-16-41)63-56(66-59)42-17-9-4-10-18-42)46-25-29-48(30-26-46)76-61(71)75-38-37-74-50-32-34-52(54(70)40-50)60-67-57(43-19-11-5-12-20-43)64-58(68-60)44-21-13-6-14-22-44;27-13-14-29-18-11-12-19(20(28)15-18)23-25-21(16-7-3-1-4-8-16)24-22(26-23)17-9-5-2-6-10-17/h3-34,39-40,69-70H,35-38H2,1-2H3;1-12,15,27-28H,13-14H2. The van der Waals surface area contributed by atoms with Crippen LogP contribution >= 0.6 is 0 Å². The molecular formula is C85H69N9O11. The van der Waals surface area contributed by atoms with Crippen LogP contribution in [0.5, 0.6) is 46.0 Å². The lowest BCUT2D eigenvalue weighted by Crippen LogP contribution is -2.19. The van der Waals surface area contributed by atoms with Crippen LogP contribution in [0.4, 0.5) is 4.79 Å². The predicted molar refractivity (Wildman–Crippen MR) is 399 cm³/mol. The molecule has 105 heavy (non-hydrogen) atoms. The maximum atomic E-state index is 12.6. The van der Waals surface area contributed by atoms with Gasteiger partial charge < -0.3 is 48.8 Å². The number of aliphatic hydroxyl groups is 1. The van der Waals surface area contributed by atoms with Gasteiger partial charge in [-0.2, -0.15) is 0 Å². The zero-order chi connectivity index (χ0) is 72.3. The molecule has 0 spiro atoms. The van der Waals surface area contributed by atoms with Crippen molar-refractivity contribution < 1.29 is 53.6 Å². The summed E-state index contributed by atoms with van der Waals surface area (Å²) in [7, 11) is 0. The van der Waals surface area contributed by atoms with Crippen molar-refractivity contribution in [2.45, 2.75) is 19.3 Å². The molecular weight excluding hydrogens is 1320 g/mol. The summed E-state index contributed by atoms with van der Waals surface area (Å²) in [6.45, 7) is 4.70. The van der Waals surface area contributed by atoms with E-state index in [1.165, 1.54) is 12.1 Å². The molecule has 14 rings (SSSR count). The van der Waals surface area contributed by atoms with Crippen LogP contribution in [0.2, 0.25) is 0 Å². The van der Waals surface area contributed by atoms with Gasteiger partial charge >= 0.3 is 6.16 Å². The lowest BCUT2D eigenvalue weighted by atomic mass is 9.78. The molecule has 0 radical (unpaired) electrons. The molecule has 0 aliphatic heterocycles. The van der Waals surface area contributed by atoms with Crippen molar-refractivity contribution in [3.63, 3.8) is 0 Å². The monoisotopic (exact) mass is 1390 g/mol. The Kier molecular flexibility index (Phi) is 22.0. The summed E-state index contributed by atoms with van der Waals surface area (Å²) in [4.78, 5) is 54.6. The highest BCUT2D eigenvalue weighted by Gasteiger charge is 2.25. The number of carbonyl (C=O) groups excluding carboxylic acids is 1. The zero-order valence-corrected chi connectivity index (χ0v) is 57.0. The topological polar surface area (TPSA) is 269 Å². The molecule has 0 unspecified atom stereocenters. The molecule has 0 amide bonds. The fraction of sp³-hybridized carbons (Fsp3) is 0.106. The second kappa shape index (κ2) is 33.2. The highest BCUT2D eigenvalue weighted by molar-refractivity contribution is 5.74. The summed E-state index contributed by atoms with van der Waals surface area (Å²) in [6, 6.07) is 87.6. The summed E-state index contributed by atoms with van der Waals surface area (Å²) in [5.41, 5.74) is 7.98. The third-order valence-corrected chi connectivity index (χ3v) is 16.6. The number of ether oxygens (including phenoxy) is 6. The van der Waals surface area contributed by atoms with Gasteiger partial charge in [-0.05, 0) is 71.8 Å². The van der Waals surface area contributed by atoms with E-state index in [1.54, 1.807) is 54.6 Å². The van der Waals surface area contributed by atoms with E-state index in [0.29, 0.717) is 97.9 Å². The molecule has 0 aliphatic rings. The highest BCUT2D eigenvalue weighted by Crippen LogP contribution is 2.38. The number of carbonyl (C=O) groups is 1. The van der Waals surface area contributed by atoms with E-state index >= 15 is 0 Å². The van der Waals surface area contributed by atoms with E-state index in [2.05, 4.69) is 38.8 Å². The number of rotatable bonds is 24. The van der Waals surface area contributed by atoms with Crippen LogP contribution in [-0.2, 0) is 10.2 Å². The number of hydrogen-bond acceptors (Lipinski definition) is 20. The SMILES string of the molecule is CC(C)(c1ccc(OCCOc2ccc(-c3nc(-c4ccccc4)nc(-c4ccccc4)n3)c(O)c2)cc1)c1ccc(OC(=O)OCCOc2ccc(-c3nc(-c4ccccc4)nc(-c4ccccc4)n3)c(O)c2)cc1.OCCOc1ccc(-c2nc(-c3ccccc3)nc(-c3ccccc3)n2)c(O)c1. The first-order valence-corrected chi connectivity index (χ1v) is 33.7. The van der Waals surface area contributed by atoms with E-state index in [4.69, 9.17) is 53.5 Å². The molecule has 3 aromatic heterocycles. The van der Waals surface area contributed by atoms with Gasteiger partial charge in [-0.25, -0.2) is 49.7 Å². The minimum Gasteiger partial charge on any atom is -0.507 e. The maximum Gasteiger partial charge on any atom is 0.513 e. The Hall–Kier alpha value is -13.7. The van der Waals surface area contributed by atoms with Gasteiger partial charge in [0.25, 0.3) is 0 Å². The number of hydrogen-bond donors (Lipinski definition) is 4. The molecule has 520 valence electrons. The molecule has 4 N–H and O–H groups in total. The quantitative estimate of drug-likeness (QED) is 0.0249. The molecule has 0 fully saturated rings. The third-order valence-electron chi connectivity index (χ3n) is 16.6. The molecule has 0 aliphatic carbocycles. The van der Waals surface area contributed by atoms with Crippen molar-refractivity contribution in [3.8, 4) is 148 Å². The van der Waals surface area contributed by atoms with Crippen LogP contribution in [0.3, 0.4) is 0 Å². The third kappa shape index (κ3) is 17.7. The number of phenols is 3. The predicted octanol–water partition coefficient (Wildman–Crippen LogP) is 16.8. The molecule has 20 nitrogen and oxygen atoms in total. The first-order chi connectivity index (χ1) is 51.4. The Morgan fingerprint density at radius 3 is 0.829 bits per heavy atom. The van der Waals surface area contributed by atoms with Gasteiger partial charge in [-0.3, -0.25) is 0 Å². The van der Waals surface area contributed by atoms with Gasteiger partial charge in [0.2, 0.25) is 0 Å². The molecule has 0 atom stereocenters. The molecule has 3 heterocycles.